The van der Waals surface area contributed by atoms with Gasteiger partial charge in [0.25, 0.3) is 0 Å². The molecule has 0 heterocycles. The zero-order chi connectivity index (χ0) is 27.0. The van der Waals surface area contributed by atoms with E-state index in [0.29, 0.717) is 16.7 Å². The van der Waals surface area contributed by atoms with Crippen LogP contribution in [0.4, 0.5) is 0 Å². The van der Waals surface area contributed by atoms with Crippen LogP contribution in [0.25, 0.3) is 0 Å². The molecule has 0 amide bonds. The molecular formula is C34H64O. The molecule has 0 aromatic rings. The Labute approximate surface area is 221 Å². The van der Waals surface area contributed by atoms with Crippen LogP contribution in [0.15, 0.2) is 22.8 Å². The van der Waals surface area contributed by atoms with Crippen molar-refractivity contribution in [2.24, 2.45) is 34.0 Å². The van der Waals surface area contributed by atoms with Crippen LogP contribution < -0.4 is 0 Å². The second-order valence-electron chi connectivity index (χ2n) is 12.4. The zero-order valence-electron chi connectivity index (χ0n) is 26.1. The summed E-state index contributed by atoms with van der Waals surface area (Å²) in [5, 5.41) is 10.7. The summed E-state index contributed by atoms with van der Waals surface area (Å²) in [5.41, 5.74) is 6.20. The Bertz CT molecular complexity index is 693. The van der Waals surface area contributed by atoms with Gasteiger partial charge in [0, 0.05) is 0 Å². The molecule has 0 aromatic heterocycles. The number of aliphatic hydroxyl groups is 1. The Morgan fingerprint density at radius 2 is 1.49 bits per heavy atom. The number of hydrogen-bond donors (Lipinski definition) is 1. The Morgan fingerprint density at radius 1 is 0.857 bits per heavy atom. The number of aliphatic hydroxyl groups excluding tert-OH is 1. The molecule has 0 radical (unpaired) electrons. The lowest BCUT2D eigenvalue weighted by atomic mass is 9.46. The maximum Gasteiger partial charge on any atom is 0.0594 e. The molecule has 0 spiro atoms. The molecule has 35 heavy (non-hydrogen) atoms. The van der Waals surface area contributed by atoms with Crippen LogP contribution in [-0.4, -0.2) is 11.2 Å². The molecule has 206 valence electrons. The van der Waals surface area contributed by atoms with Gasteiger partial charge in [0.2, 0.25) is 0 Å². The van der Waals surface area contributed by atoms with Crippen molar-refractivity contribution in [2.75, 3.05) is 0 Å². The van der Waals surface area contributed by atoms with Crippen molar-refractivity contribution in [1.82, 2.24) is 0 Å². The number of hydrogen-bond acceptors (Lipinski definition) is 1. The minimum Gasteiger partial charge on any atom is -0.393 e. The van der Waals surface area contributed by atoms with Crippen molar-refractivity contribution in [3.05, 3.63) is 22.8 Å². The van der Waals surface area contributed by atoms with E-state index in [2.05, 4.69) is 47.6 Å². The summed E-state index contributed by atoms with van der Waals surface area (Å²) in [7, 11) is 0. The molecule has 0 aromatic carbocycles. The van der Waals surface area contributed by atoms with Gasteiger partial charge in [0.15, 0.2) is 0 Å². The van der Waals surface area contributed by atoms with E-state index in [1.54, 1.807) is 0 Å². The fraction of sp³-hybridized carbons (Fsp3) is 0.882. The second-order valence-corrected chi connectivity index (χ2v) is 12.4. The molecule has 4 aliphatic carbocycles. The Morgan fingerprint density at radius 3 is 2.09 bits per heavy atom. The van der Waals surface area contributed by atoms with Crippen LogP contribution in [0.2, 0.25) is 0 Å². The fourth-order valence-electron chi connectivity index (χ4n) is 8.62. The molecule has 2 saturated carbocycles. The average molecular weight is 489 g/mol. The summed E-state index contributed by atoms with van der Waals surface area (Å²) in [6.07, 6.45) is 16.8. The van der Waals surface area contributed by atoms with Crippen LogP contribution in [0.1, 0.15) is 154 Å². The standard InChI is InChI=1S/C28H46O.3C2H6/c1-19(2)9-7-8-10-20-11-13-22-21-12-14-24-26(3,4)25(29)16-18-28(24,6)23(21)15-17-27(20,22)5;3*1-2/h9,20,22,24-25,29H,7-8,10-18H2,1-6H3;3*1-2H3. The van der Waals surface area contributed by atoms with E-state index in [0.717, 1.165) is 18.3 Å². The molecule has 4 aliphatic rings. The van der Waals surface area contributed by atoms with Gasteiger partial charge in [-0.05, 0) is 118 Å². The van der Waals surface area contributed by atoms with Crippen LogP contribution in [0, 0.1) is 34.0 Å². The number of rotatable bonds is 4. The molecule has 1 nitrogen and oxygen atoms in total. The monoisotopic (exact) mass is 488 g/mol. The van der Waals surface area contributed by atoms with E-state index >= 15 is 0 Å². The highest BCUT2D eigenvalue weighted by Crippen LogP contribution is 2.67. The summed E-state index contributed by atoms with van der Waals surface area (Å²) in [4.78, 5) is 0. The highest BCUT2D eigenvalue weighted by Gasteiger charge is 2.58. The lowest BCUT2D eigenvalue weighted by Gasteiger charge is -2.59. The predicted octanol–water partition coefficient (Wildman–Crippen LogP) is 10.9. The van der Waals surface area contributed by atoms with Gasteiger partial charge in [0.05, 0.1) is 6.10 Å². The third kappa shape index (κ3) is 6.30. The summed E-state index contributed by atoms with van der Waals surface area (Å²) in [5.74, 6) is 2.44. The van der Waals surface area contributed by atoms with Crippen LogP contribution >= 0.6 is 0 Å². The first-order chi connectivity index (χ1) is 16.6. The van der Waals surface area contributed by atoms with Crippen molar-refractivity contribution in [3.8, 4) is 0 Å². The summed E-state index contributed by atoms with van der Waals surface area (Å²) < 4.78 is 0. The van der Waals surface area contributed by atoms with E-state index in [1.165, 1.54) is 69.8 Å². The van der Waals surface area contributed by atoms with Crippen molar-refractivity contribution >= 4 is 0 Å². The van der Waals surface area contributed by atoms with Crippen molar-refractivity contribution in [1.29, 1.82) is 0 Å². The maximum atomic E-state index is 10.7. The fourth-order valence-corrected chi connectivity index (χ4v) is 8.62. The smallest absolute Gasteiger partial charge is 0.0594 e. The zero-order valence-corrected chi connectivity index (χ0v) is 26.1. The van der Waals surface area contributed by atoms with Crippen molar-refractivity contribution < 1.29 is 5.11 Å². The van der Waals surface area contributed by atoms with Crippen molar-refractivity contribution in [3.63, 3.8) is 0 Å². The molecule has 1 heteroatoms. The van der Waals surface area contributed by atoms with Gasteiger partial charge in [-0.2, -0.15) is 0 Å². The highest BCUT2D eigenvalue weighted by atomic mass is 16.3. The largest absolute Gasteiger partial charge is 0.393 e. The first kappa shape index (κ1) is 32.5. The van der Waals surface area contributed by atoms with Gasteiger partial charge in [-0.1, -0.05) is 92.0 Å². The third-order valence-corrected chi connectivity index (χ3v) is 10.4. The minimum absolute atomic E-state index is 0.0649. The van der Waals surface area contributed by atoms with Crippen LogP contribution in [-0.2, 0) is 0 Å². The molecule has 2 fully saturated rings. The first-order valence-corrected chi connectivity index (χ1v) is 15.6. The quantitative estimate of drug-likeness (QED) is 0.308. The first-order valence-electron chi connectivity index (χ1n) is 15.6. The molecular weight excluding hydrogens is 424 g/mol. The Hall–Kier alpha value is -0.560. The highest BCUT2D eigenvalue weighted by molar-refractivity contribution is 5.35. The van der Waals surface area contributed by atoms with E-state index < -0.39 is 0 Å². The molecule has 6 atom stereocenters. The van der Waals surface area contributed by atoms with E-state index in [-0.39, 0.29) is 11.5 Å². The predicted molar refractivity (Wildman–Crippen MR) is 158 cm³/mol. The van der Waals surface area contributed by atoms with Gasteiger partial charge in [-0.3, -0.25) is 0 Å². The van der Waals surface area contributed by atoms with Gasteiger partial charge in [-0.15, -0.1) is 0 Å². The van der Waals surface area contributed by atoms with Crippen molar-refractivity contribution in [2.45, 2.75) is 160 Å². The minimum atomic E-state index is -0.117. The van der Waals surface area contributed by atoms with Gasteiger partial charge in [0.1, 0.15) is 0 Å². The number of allylic oxidation sites excluding steroid dienone is 4. The Balaban J connectivity index is 0.000000949. The molecule has 0 saturated heterocycles. The lowest BCUT2D eigenvalue weighted by Crippen LogP contribution is -2.53. The molecule has 4 rings (SSSR count). The van der Waals surface area contributed by atoms with Gasteiger partial charge < -0.3 is 5.11 Å². The van der Waals surface area contributed by atoms with Gasteiger partial charge >= 0.3 is 0 Å². The molecule has 0 bridgehead atoms. The van der Waals surface area contributed by atoms with Crippen LogP contribution in [0.5, 0.6) is 0 Å². The van der Waals surface area contributed by atoms with Gasteiger partial charge in [-0.25, -0.2) is 0 Å². The van der Waals surface area contributed by atoms with Crippen LogP contribution in [0.3, 0.4) is 0 Å². The van der Waals surface area contributed by atoms with E-state index in [9.17, 15) is 5.11 Å². The summed E-state index contributed by atoms with van der Waals surface area (Å²) in [6, 6.07) is 0. The van der Waals surface area contributed by atoms with E-state index in [4.69, 9.17) is 0 Å². The topological polar surface area (TPSA) is 20.2 Å². The second kappa shape index (κ2) is 13.8. The van der Waals surface area contributed by atoms with E-state index in [1.807, 2.05) is 52.7 Å². The molecule has 6 unspecified atom stereocenters. The molecule has 1 N–H and O–H groups in total. The normalized spacial score (nSPS) is 36.5. The molecule has 0 aliphatic heterocycles. The maximum absolute atomic E-state index is 10.7. The third-order valence-electron chi connectivity index (χ3n) is 10.4. The summed E-state index contributed by atoms with van der Waals surface area (Å²) in [6.45, 7) is 26.4. The SMILES string of the molecule is CC.CC.CC.CC(C)=CCCCC1CCC2C3=C(CCC12C)C1(C)CCC(O)C(C)(C)C1CC3. The average Bonchev–Trinajstić information content (AvgIpc) is 3.19. The number of unbranched alkanes of at least 4 members (excludes halogenated alkanes) is 1. The summed E-state index contributed by atoms with van der Waals surface area (Å²) >= 11 is 0. The lowest BCUT2D eigenvalue weighted by molar-refractivity contribution is -0.0928. The Kier molecular flexibility index (Phi) is 12.8. The number of fused-ring (bicyclic) bond motifs is 4.